The van der Waals surface area contributed by atoms with Gasteiger partial charge in [0.2, 0.25) is 0 Å². The molecule has 178 valence electrons. The van der Waals surface area contributed by atoms with E-state index in [1.165, 1.54) is 43.4 Å². The number of rotatable bonds is 5. The topological polar surface area (TPSA) is 12.0 Å². The fourth-order valence-electron chi connectivity index (χ4n) is 5.15. The molecule has 0 fully saturated rings. The molecule has 0 atom stereocenters. The SMILES string of the molecule is c1ccc(CCc2ccc3ccc4cccc5ccc2c3c45)cc1.c1ccc(Nc2ccccc2)cc1. The average Bonchev–Trinajstić information content (AvgIpc) is 2.97. The van der Waals surface area contributed by atoms with Gasteiger partial charge in [-0.1, -0.05) is 121 Å². The Bertz CT molecular complexity index is 1670. The zero-order chi connectivity index (χ0) is 24.9. The maximum Gasteiger partial charge on any atom is 0.0384 e. The molecule has 0 amide bonds. The van der Waals surface area contributed by atoms with E-state index < -0.39 is 0 Å². The lowest BCUT2D eigenvalue weighted by molar-refractivity contribution is 0.970. The quantitative estimate of drug-likeness (QED) is 0.244. The van der Waals surface area contributed by atoms with Crippen LogP contribution in [-0.4, -0.2) is 0 Å². The van der Waals surface area contributed by atoms with Gasteiger partial charge in [0.05, 0.1) is 0 Å². The van der Waals surface area contributed by atoms with Crippen LogP contribution in [0.4, 0.5) is 11.4 Å². The first kappa shape index (κ1) is 22.8. The fourth-order valence-corrected chi connectivity index (χ4v) is 5.15. The minimum Gasteiger partial charge on any atom is -0.356 e. The van der Waals surface area contributed by atoms with E-state index in [9.17, 15) is 0 Å². The van der Waals surface area contributed by atoms with E-state index in [2.05, 4.69) is 90.2 Å². The molecule has 0 aliphatic rings. The molecule has 7 rings (SSSR count). The molecule has 7 aromatic rings. The summed E-state index contributed by atoms with van der Waals surface area (Å²) in [5.74, 6) is 0. The molecule has 0 aliphatic carbocycles. The van der Waals surface area contributed by atoms with Crippen molar-refractivity contribution in [2.45, 2.75) is 12.8 Å². The first-order valence-corrected chi connectivity index (χ1v) is 12.9. The van der Waals surface area contributed by atoms with Gasteiger partial charge in [0.15, 0.2) is 0 Å². The lowest BCUT2D eigenvalue weighted by Crippen LogP contribution is -1.94. The van der Waals surface area contributed by atoms with E-state index in [1.807, 2.05) is 60.7 Å². The molecule has 0 unspecified atom stereocenters. The molecule has 0 aliphatic heterocycles. The second-order valence-corrected chi connectivity index (χ2v) is 9.42. The molecular weight excluding hydrogens is 446 g/mol. The first-order chi connectivity index (χ1) is 18.3. The molecule has 0 aromatic heterocycles. The van der Waals surface area contributed by atoms with Gasteiger partial charge in [-0.15, -0.1) is 0 Å². The van der Waals surface area contributed by atoms with E-state index in [-0.39, 0.29) is 0 Å². The molecule has 0 radical (unpaired) electrons. The van der Waals surface area contributed by atoms with Crippen LogP contribution in [0.5, 0.6) is 0 Å². The number of hydrogen-bond donors (Lipinski definition) is 1. The zero-order valence-electron chi connectivity index (χ0n) is 20.8. The number of aryl methyl sites for hydroxylation is 2. The van der Waals surface area contributed by atoms with Gasteiger partial charge < -0.3 is 5.32 Å². The first-order valence-electron chi connectivity index (χ1n) is 12.9. The third-order valence-corrected chi connectivity index (χ3v) is 6.98. The van der Waals surface area contributed by atoms with Gasteiger partial charge in [0, 0.05) is 11.4 Å². The molecule has 1 heteroatoms. The van der Waals surface area contributed by atoms with Crippen LogP contribution in [0, 0.1) is 0 Å². The number of anilines is 2. The summed E-state index contributed by atoms with van der Waals surface area (Å²) in [6.07, 6.45) is 2.17. The van der Waals surface area contributed by atoms with Crippen LogP contribution in [0.1, 0.15) is 11.1 Å². The molecule has 7 aromatic carbocycles. The Morgan fingerprint density at radius 3 is 1.51 bits per heavy atom. The molecule has 1 N–H and O–H groups in total. The second-order valence-electron chi connectivity index (χ2n) is 9.42. The van der Waals surface area contributed by atoms with Gasteiger partial charge in [0.25, 0.3) is 0 Å². The third-order valence-electron chi connectivity index (χ3n) is 6.98. The maximum atomic E-state index is 3.30. The lowest BCUT2D eigenvalue weighted by Gasteiger charge is -2.14. The molecule has 0 heterocycles. The van der Waals surface area contributed by atoms with Crippen LogP contribution < -0.4 is 5.32 Å². The van der Waals surface area contributed by atoms with Gasteiger partial charge in [0.1, 0.15) is 0 Å². The number of benzene rings is 7. The van der Waals surface area contributed by atoms with E-state index in [1.54, 1.807) is 0 Å². The molecule has 0 saturated heterocycles. The van der Waals surface area contributed by atoms with E-state index >= 15 is 0 Å². The Kier molecular flexibility index (Phi) is 6.51. The monoisotopic (exact) mass is 475 g/mol. The van der Waals surface area contributed by atoms with Crippen molar-refractivity contribution >= 4 is 43.7 Å². The van der Waals surface area contributed by atoms with Crippen molar-refractivity contribution in [1.29, 1.82) is 0 Å². The largest absolute Gasteiger partial charge is 0.356 e. The van der Waals surface area contributed by atoms with Crippen molar-refractivity contribution in [3.05, 3.63) is 157 Å². The summed E-state index contributed by atoms with van der Waals surface area (Å²) in [5, 5.41) is 11.6. The Labute approximate surface area is 218 Å². The number of nitrogens with one attached hydrogen (secondary N) is 1. The second kappa shape index (κ2) is 10.6. The number of hydrogen-bond acceptors (Lipinski definition) is 1. The van der Waals surface area contributed by atoms with Gasteiger partial charge in [-0.3, -0.25) is 0 Å². The van der Waals surface area contributed by atoms with Crippen LogP contribution >= 0.6 is 0 Å². The highest BCUT2D eigenvalue weighted by atomic mass is 14.9. The fraction of sp³-hybridized carbons (Fsp3) is 0.0556. The Morgan fingerprint density at radius 1 is 0.378 bits per heavy atom. The van der Waals surface area contributed by atoms with Crippen molar-refractivity contribution < 1.29 is 0 Å². The Hall–Kier alpha value is -4.62. The summed E-state index contributed by atoms with van der Waals surface area (Å²) in [5.41, 5.74) is 5.09. The summed E-state index contributed by atoms with van der Waals surface area (Å²) in [6, 6.07) is 51.3. The Balaban J connectivity index is 0.000000164. The predicted molar refractivity (Wildman–Crippen MR) is 160 cm³/mol. The van der Waals surface area contributed by atoms with Gasteiger partial charge >= 0.3 is 0 Å². The van der Waals surface area contributed by atoms with Crippen molar-refractivity contribution in [1.82, 2.24) is 0 Å². The molecule has 0 saturated carbocycles. The zero-order valence-corrected chi connectivity index (χ0v) is 20.8. The average molecular weight is 476 g/mol. The summed E-state index contributed by atoms with van der Waals surface area (Å²) < 4.78 is 0. The van der Waals surface area contributed by atoms with Crippen LogP contribution in [0.2, 0.25) is 0 Å². The molecule has 0 spiro atoms. The highest BCUT2D eigenvalue weighted by Crippen LogP contribution is 2.36. The van der Waals surface area contributed by atoms with E-state index in [0.717, 1.165) is 24.2 Å². The van der Waals surface area contributed by atoms with Gasteiger partial charge in [-0.05, 0) is 80.6 Å². The maximum absolute atomic E-state index is 3.30. The van der Waals surface area contributed by atoms with Crippen LogP contribution in [0.25, 0.3) is 32.3 Å². The number of para-hydroxylation sites is 2. The summed E-state index contributed by atoms with van der Waals surface area (Å²) in [4.78, 5) is 0. The van der Waals surface area contributed by atoms with E-state index in [0.29, 0.717) is 0 Å². The van der Waals surface area contributed by atoms with E-state index in [4.69, 9.17) is 0 Å². The lowest BCUT2D eigenvalue weighted by atomic mass is 9.90. The molecular formula is C36H29N. The predicted octanol–water partition coefficient (Wildman–Crippen LogP) is 9.80. The smallest absolute Gasteiger partial charge is 0.0384 e. The van der Waals surface area contributed by atoms with Crippen LogP contribution in [0.3, 0.4) is 0 Å². The third kappa shape index (κ3) is 5.03. The van der Waals surface area contributed by atoms with Crippen LogP contribution in [-0.2, 0) is 12.8 Å². The summed E-state index contributed by atoms with van der Waals surface area (Å²) in [6.45, 7) is 0. The minimum atomic E-state index is 1.08. The normalized spacial score (nSPS) is 10.9. The molecule has 37 heavy (non-hydrogen) atoms. The van der Waals surface area contributed by atoms with Crippen molar-refractivity contribution in [2.24, 2.45) is 0 Å². The Morgan fingerprint density at radius 2 is 0.892 bits per heavy atom. The summed E-state index contributed by atoms with van der Waals surface area (Å²) in [7, 11) is 0. The summed E-state index contributed by atoms with van der Waals surface area (Å²) >= 11 is 0. The molecule has 1 nitrogen and oxygen atoms in total. The van der Waals surface area contributed by atoms with Crippen molar-refractivity contribution in [2.75, 3.05) is 5.32 Å². The highest BCUT2D eigenvalue weighted by Gasteiger charge is 2.10. The highest BCUT2D eigenvalue weighted by molar-refractivity contribution is 6.23. The van der Waals surface area contributed by atoms with Gasteiger partial charge in [-0.2, -0.15) is 0 Å². The van der Waals surface area contributed by atoms with Crippen molar-refractivity contribution in [3.8, 4) is 0 Å². The molecule has 0 bridgehead atoms. The minimum absolute atomic E-state index is 1.08. The van der Waals surface area contributed by atoms with Gasteiger partial charge in [-0.25, -0.2) is 0 Å². The van der Waals surface area contributed by atoms with Crippen LogP contribution in [0.15, 0.2) is 146 Å². The van der Waals surface area contributed by atoms with Crippen molar-refractivity contribution in [3.63, 3.8) is 0 Å². The standard InChI is InChI=1S/C24H18.C12H11N/c1-2-5-17(6-3-1)9-10-18-11-12-21-14-13-19-7-4-8-20-15-16-22(18)24(21)23(19)20;1-3-7-11(8-4-1)13-12-9-5-2-6-10-12/h1-8,11-16H,9-10H2;1-10,13H.